The van der Waals surface area contributed by atoms with Crippen molar-refractivity contribution >= 4 is 23.2 Å². The zero-order valence-electron chi connectivity index (χ0n) is 9.31. The Morgan fingerprint density at radius 2 is 1.93 bits per heavy atom. The van der Waals surface area contributed by atoms with Crippen molar-refractivity contribution in [3.63, 3.8) is 0 Å². The summed E-state index contributed by atoms with van der Waals surface area (Å²) in [6.45, 7) is 6.91. The van der Waals surface area contributed by atoms with Gasteiger partial charge in [-0.1, -0.05) is 44.0 Å². The third-order valence-corrected chi connectivity index (χ3v) is 3.21. The molecule has 0 amide bonds. The maximum atomic E-state index is 6.09. The monoisotopic (exact) mass is 246 g/mol. The predicted molar refractivity (Wildman–Crippen MR) is 66.3 cm³/mol. The minimum atomic E-state index is 0.440. The van der Waals surface area contributed by atoms with E-state index in [4.69, 9.17) is 27.9 Å². The summed E-state index contributed by atoms with van der Waals surface area (Å²) in [5, 5.41) is 1.25. The van der Waals surface area contributed by atoms with Gasteiger partial charge in [0.1, 0.15) is 5.75 Å². The molecule has 0 aromatic heterocycles. The molecule has 0 aliphatic carbocycles. The van der Waals surface area contributed by atoms with Crippen molar-refractivity contribution in [3.05, 3.63) is 27.7 Å². The maximum absolute atomic E-state index is 6.09. The average Bonchev–Trinajstić information content (AvgIpc) is 2.26. The van der Waals surface area contributed by atoms with Gasteiger partial charge >= 0.3 is 0 Å². The molecule has 0 radical (unpaired) electrons. The average molecular weight is 247 g/mol. The molecule has 1 aliphatic heterocycles. The van der Waals surface area contributed by atoms with Crippen molar-refractivity contribution in [1.29, 1.82) is 0 Å². The van der Waals surface area contributed by atoms with Crippen molar-refractivity contribution in [3.8, 4) is 5.75 Å². The number of rotatable bonds is 0. The van der Waals surface area contributed by atoms with Gasteiger partial charge in [-0.25, -0.2) is 0 Å². The Bertz CT molecular complexity index is 337. The number of halogens is 2. The zero-order chi connectivity index (χ0) is 11.4. The Hall–Kier alpha value is -0.400. The van der Waals surface area contributed by atoms with E-state index in [1.807, 2.05) is 19.9 Å². The summed E-state index contributed by atoms with van der Waals surface area (Å²) in [6.07, 6.45) is 1.01. The topological polar surface area (TPSA) is 9.23 Å². The van der Waals surface area contributed by atoms with Crippen LogP contribution in [0.5, 0.6) is 5.75 Å². The maximum Gasteiger partial charge on any atom is 0.124 e. The summed E-state index contributed by atoms with van der Waals surface area (Å²) >= 11 is 12.0. The molecule has 0 N–H and O–H groups in total. The fraction of sp³-hybridized carbons (Fsp3) is 0.500. The van der Waals surface area contributed by atoms with Crippen LogP contribution in [0.4, 0.5) is 0 Å². The first-order chi connectivity index (χ1) is 7.20. The van der Waals surface area contributed by atoms with E-state index in [1.54, 1.807) is 6.07 Å². The van der Waals surface area contributed by atoms with Gasteiger partial charge in [0.15, 0.2) is 0 Å². The predicted octanol–water partition coefficient (Wildman–Crippen LogP) is 4.91. The van der Waals surface area contributed by atoms with Gasteiger partial charge in [-0.3, -0.25) is 0 Å². The van der Waals surface area contributed by atoms with E-state index in [0.29, 0.717) is 16.0 Å². The Balaban J connectivity index is 0.000000531. The van der Waals surface area contributed by atoms with Crippen LogP contribution < -0.4 is 4.74 Å². The minimum Gasteiger partial charge on any atom is -0.493 e. The van der Waals surface area contributed by atoms with Gasteiger partial charge in [-0.15, -0.1) is 0 Å². The van der Waals surface area contributed by atoms with E-state index in [-0.39, 0.29) is 0 Å². The molecule has 84 valence electrons. The van der Waals surface area contributed by atoms with Crippen molar-refractivity contribution in [2.45, 2.75) is 33.1 Å². The van der Waals surface area contributed by atoms with Crippen LogP contribution in [0.25, 0.3) is 0 Å². The van der Waals surface area contributed by atoms with Crippen molar-refractivity contribution < 1.29 is 4.74 Å². The molecule has 1 aromatic carbocycles. The third kappa shape index (κ3) is 2.59. The van der Waals surface area contributed by atoms with E-state index in [1.165, 1.54) is 0 Å². The summed E-state index contributed by atoms with van der Waals surface area (Å²) in [4.78, 5) is 0. The van der Waals surface area contributed by atoms with E-state index in [0.717, 1.165) is 24.3 Å². The fourth-order valence-corrected chi connectivity index (χ4v) is 2.13. The van der Waals surface area contributed by atoms with E-state index in [2.05, 4.69) is 6.92 Å². The number of hydrogen-bond acceptors (Lipinski definition) is 1. The molecule has 1 heterocycles. The van der Waals surface area contributed by atoms with Crippen LogP contribution in [0.15, 0.2) is 12.1 Å². The van der Waals surface area contributed by atoms with Crippen LogP contribution in [0.2, 0.25) is 10.0 Å². The first-order valence-corrected chi connectivity index (χ1v) is 6.06. The lowest BCUT2D eigenvalue weighted by Crippen LogP contribution is -2.12. The Morgan fingerprint density at radius 1 is 1.27 bits per heavy atom. The molecule has 0 saturated carbocycles. The summed E-state index contributed by atoms with van der Waals surface area (Å²) in [7, 11) is 0. The molecule has 3 heteroatoms. The van der Waals surface area contributed by atoms with Crippen LogP contribution in [-0.4, -0.2) is 6.61 Å². The fourth-order valence-electron chi connectivity index (χ4n) is 1.62. The van der Waals surface area contributed by atoms with Gasteiger partial charge in [0.25, 0.3) is 0 Å². The van der Waals surface area contributed by atoms with Crippen LogP contribution in [0.3, 0.4) is 0 Å². The third-order valence-electron chi connectivity index (χ3n) is 2.39. The number of ether oxygens (including phenoxy) is 1. The Labute approximate surface area is 101 Å². The van der Waals surface area contributed by atoms with Gasteiger partial charge in [0.2, 0.25) is 0 Å². The molecule has 0 bridgehead atoms. The first kappa shape index (κ1) is 12.7. The summed E-state index contributed by atoms with van der Waals surface area (Å²) in [5.74, 6) is 1.32. The van der Waals surface area contributed by atoms with Crippen LogP contribution in [0.1, 0.15) is 38.7 Å². The van der Waals surface area contributed by atoms with Crippen molar-refractivity contribution in [1.82, 2.24) is 0 Å². The molecule has 1 aromatic rings. The Morgan fingerprint density at radius 3 is 2.60 bits per heavy atom. The number of fused-ring (bicyclic) bond motifs is 1. The molecule has 0 spiro atoms. The summed E-state index contributed by atoms with van der Waals surface area (Å²) in [5.41, 5.74) is 1.06. The largest absolute Gasteiger partial charge is 0.493 e. The second-order valence-electron chi connectivity index (χ2n) is 3.31. The van der Waals surface area contributed by atoms with E-state index < -0.39 is 0 Å². The normalized spacial score (nSPS) is 18.3. The quantitative estimate of drug-likeness (QED) is 0.633. The molecular formula is C12H16Cl2O. The SMILES string of the molecule is CC.CC1CCOc2ccc(Cl)c(Cl)c21. The van der Waals surface area contributed by atoms with Crippen LogP contribution >= 0.6 is 23.2 Å². The standard InChI is InChI=1S/C10H10Cl2O.C2H6/c1-6-4-5-13-8-3-2-7(11)10(12)9(6)8;1-2/h2-3,6H,4-5H2,1H3;1-2H3. The minimum absolute atomic E-state index is 0.440. The lowest BCUT2D eigenvalue weighted by molar-refractivity contribution is 0.272. The van der Waals surface area contributed by atoms with E-state index in [9.17, 15) is 0 Å². The van der Waals surface area contributed by atoms with E-state index >= 15 is 0 Å². The molecule has 15 heavy (non-hydrogen) atoms. The molecule has 0 fully saturated rings. The highest BCUT2D eigenvalue weighted by molar-refractivity contribution is 6.42. The summed E-state index contributed by atoms with van der Waals surface area (Å²) in [6, 6.07) is 3.67. The molecule has 1 unspecified atom stereocenters. The molecule has 1 atom stereocenters. The molecule has 1 nitrogen and oxygen atoms in total. The second kappa shape index (κ2) is 5.62. The second-order valence-corrected chi connectivity index (χ2v) is 4.10. The van der Waals surface area contributed by atoms with Gasteiger partial charge in [0.05, 0.1) is 16.7 Å². The summed E-state index contributed by atoms with van der Waals surface area (Å²) < 4.78 is 5.49. The lowest BCUT2D eigenvalue weighted by atomic mass is 9.95. The lowest BCUT2D eigenvalue weighted by Gasteiger charge is -2.24. The van der Waals surface area contributed by atoms with Gasteiger partial charge < -0.3 is 4.74 Å². The van der Waals surface area contributed by atoms with Crippen molar-refractivity contribution in [2.75, 3.05) is 6.61 Å². The van der Waals surface area contributed by atoms with Gasteiger partial charge in [-0.2, -0.15) is 0 Å². The highest BCUT2D eigenvalue weighted by atomic mass is 35.5. The van der Waals surface area contributed by atoms with Crippen LogP contribution in [-0.2, 0) is 0 Å². The first-order valence-electron chi connectivity index (χ1n) is 5.31. The zero-order valence-corrected chi connectivity index (χ0v) is 10.8. The van der Waals surface area contributed by atoms with Crippen molar-refractivity contribution in [2.24, 2.45) is 0 Å². The molecule has 1 aliphatic rings. The van der Waals surface area contributed by atoms with Crippen LogP contribution in [0, 0.1) is 0 Å². The highest BCUT2D eigenvalue weighted by Crippen LogP contribution is 2.41. The Kier molecular flexibility index (Phi) is 4.75. The smallest absolute Gasteiger partial charge is 0.124 e. The molecular weight excluding hydrogens is 231 g/mol. The highest BCUT2D eigenvalue weighted by Gasteiger charge is 2.21. The number of benzene rings is 1. The molecule has 0 saturated heterocycles. The van der Waals surface area contributed by atoms with Gasteiger partial charge in [-0.05, 0) is 24.5 Å². The van der Waals surface area contributed by atoms with Gasteiger partial charge in [0, 0.05) is 5.56 Å². The number of hydrogen-bond donors (Lipinski definition) is 0. The molecule has 2 rings (SSSR count).